The highest BCUT2D eigenvalue weighted by Crippen LogP contribution is 2.30. The molecule has 1 aliphatic carbocycles. The zero-order chi connectivity index (χ0) is 25.4. The van der Waals surface area contributed by atoms with Crippen molar-refractivity contribution in [3.05, 3.63) is 35.9 Å². The maximum absolute atomic E-state index is 13.7. The van der Waals surface area contributed by atoms with Crippen molar-refractivity contribution in [3.63, 3.8) is 0 Å². The minimum absolute atomic E-state index is 0.0554. The van der Waals surface area contributed by atoms with Crippen LogP contribution in [-0.2, 0) is 19.1 Å². The molecule has 0 aromatic heterocycles. The van der Waals surface area contributed by atoms with E-state index in [1.807, 2.05) is 49.9 Å². The van der Waals surface area contributed by atoms with Gasteiger partial charge in [0.25, 0.3) is 0 Å². The first-order chi connectivity index (χ1) is 16.7. The summed E-state index contributed by atoms with van der Waals surface area (Å²) in [4.78, 5) is 41.4. The van der Waals surface area contributed by atoms with E-state index in [-0.39, 0.29) is 17.9 Å². The van der Waals surface area contributed by atoms with E-state index in [0.717, 1.165) is 49.8 Å². The Labute approximate surface area is 209 Å². The molecule has 7 heteroatoms. The number of benzene rings is 1. The third kappa shape index (κ3) is 8.11. The number of esters is 1. The lowest BCUT2D eigenvalue weighted by Gasteiger charge is -2.37. The van der Waals surface area contributed by atoms with Crippen LogP contribution >= 0.6 is 0 Å². The van der Waals surface area contributed by atoms with Crippen LogP contribution in [0.2, 0.25) is 0 Å². The normalized spacial score (nSPS) is 17.9. The van der Waals surface area contributed by atoms with E-state index >= 15 is 0 Å². The van der Waals surface area contributed by atoms with Gasteiger partial charge in [-0.2, -0.15) is 0 Å². The fraction of sp³-hybridized carbons (Fsp3) is 0.607. The lowest BCUT2D eigenvalue weighted by Crippen LogP contribution is -2.45. The van der Waals surface area contributed by atoms with Crippen LogP contribution in [0.1, 0.15) is 71.3 Å². The molecule has 3 rings (SSSR count). The van der Waals surface area contributed by atoms with E-state index in [1.165, 1.54) is 19.6 Å². The minimum Gasteiger partial charge on any atom is -0.466 e. The van der Waals surface area contributed by atoms with Gasteiger partial charge < -0.3 is 19.3 Å². The van der Waals surface area contributed by atoms with Gasteiger partial charge in [0.1, 0.15) is 5.60 Å². The maximum atomic E-state index is 13.7. The number of piperidine rings is 1. The summed E-state index contributed by atoms with van der Waals surface area (Å²) in [6.07, 6.45) is 9.75. The van der Waals surface area contributed by atoms with Gasteiger partial charge in [-0.1, -0.05) is 31.4 Å². The molecular weight excluding hydrogens is 444 g/mol. The van der Waals surface area contributed by atoms with Gasteiger partial charge in [0.2, 0.25) is 5.91 Å². The number of amides is 2. The summed E-state index contributed by atoms with van der Waals surface area (Å²) < 4.78 is 10.2. The van der Waals surface area contributed by atoms with Crippen molar-refractivity contribution in [2.45, 2.75) is 71.3 Å². The van der Waals surface area contributed by atoms with E-state index in [0.29, 0.717) is 25.6 Å². The molecule has 0 atom stereocenters. The standard InChI is InChI=1S/C28H40N2O5/c1-28(2,3)35-27(33)29-17-15-22(16-18-29)20-30(26(32)23-10-6-5-7-11-23)24-12-8-9-21(19-24)13-14-25(31)34-4/h8-9,12-14,19,22-23H,5-7,10-11,15-18,20H2,1-4H3/b14-13+. The summed E-state index contributed by atoms with van der Waals surface area (Å²) in [6, 6.07) is 7.74. The molecule has 7 nitrogen and oxygen atoms in total. The van der Waals surface area contributed by atoms with Crippen molar-refractivity contribution in [2.75, 3.05) is 31.6 Å². The zero-order valence-electron chi connectivity index (χ0n) is 21.6. The second kappa shape index (κ2) is 12.2. The SMILES string of the molecule is COC(=O)/C=C/c1cccc(N(CC2CCN(C(=O)OC(C)(C)C)CC2)C(=O)C2CCCCC2)c1. The molecule has 0 N–H and O–H groups in total. The van der Waals surface area contributed by atoms with Crippen LogP contribution in [0.25, 0.3) is 6.08 Å². The Bertz CT molecular complexity index is 906. The average Bonchev–Trinajstić information content (AvgIpc) is 2.85. The molecular formula is C28H40N2O5. The molecule has 0 bridgehead atoms. The van der Waals surface area contributed by atoms with Crippen molar-refractivity contribution in [1.29, 1.82) is 0 Å². The molecule has 1 aliphatic heterocycles. The highest BCUT2D eigenvalue weighted by molar-refractivity contribution is 5.95. The van der Waals surface area contributed by atoms with Crippen LogP contribution in [0, 0.1) is 11.8 Å². The lowest BCUT2D eigenvalue weighted by atomic mass is 9.87. The fourth-order valence-electron chi connectivity index (χ4n) is 4.80. The van der Waals surface area contributed by atoms with Crippen molar-refractivity contribution in [3.8, 4) is 0 Å². The third-order valence-electron chi connectivity index (χ3n) is 6.72. The predicted molar refractivity (Wildman–Crippen MR) is 137 cm³/mol. The molecule has 1 saturated carbocycles. The second-order valence-corrected chi connectivity index (χ2v) is 10.6. The summed E-state index contributed by atoms with van der Waals surface area (Å²) in [6.45, 7) is 7.52. The van der Waals surface area contributed by atoms with E-state index < -0.39 is 11.6 Å². The Morgan fingerprint density at radius 3 is 2.37 bits per heavy atom. The average molecular weight is 485 g/mol. The first-order valence-corrected chi connectivity index (χ1v) is 12.8. The summed E-state index contributed by atoms with van der Waals surface area (Å²) >= 11 is 0. The van der Waals surface area contributed by atoms with Gasteiger partial charge in [-0.05, 0) is 76.1 Å². The first kappa shape index (κ1) is 26.8. The summed E-state index contributed by atoms with van der Waals surface area (Å²) in [5.41, 5.74) is 1.18. The molecule has 0 spiro atoms. The molecule has 1 aromatic carbocycles. The summed E-state index contributed by atoms with van der Waals surface area (Å²) in [7, 11) is 1.35. The maximum Gasteiger partial charge on any atom is 0.410 e. The molecule has 2 aliphatic rings. The molecule has 0 unspecified atom stereocenters. The van der Waals surface area contributed by atoms with Gasteiger partial charge in [0.15, 0.2) is 0 Å². The predicted octanol–water partition coefficient (Wildman–Crippen LogP) is 5.43. The number of carbonyl (C=O) groups is 3. The van der Waals surface area contributed by atoms with Gasteiger partial charge in [-0.3, -0.25) is 4.79 Å². The smallest absolute Gasteiger partial charge is 0.410 e. The van der Waals surface area contributed by atoms with E-state index in [4.69, 9.17) is 9.47 Å². The largest absolute Gasteiger partial charge is 0.466 e. The Hall–Kier alpha value is -2.83. The number of ether oxygens (including phenoxy) is 2. The van der Waals surface area contributed by atoms with Crippen LogP contribution in [0.4, 0.5) is 10.5 Å². The fourth-order valence-corrected chi connectivity index (χ4v) is 4.80. The monoisotopic (exact) mass is 484 g/mol. The highest BCUT2D eigenvalue weighted by atomic mass is 16.6. The van der Waals surface area contributed by atoms with Crippen LogP contribution in [0.15, 0.2) is 30.3 Å². The number of hydrogen-bond acceptors (Lipinski definition) is 5. The summed E-state index contributed by atoms with van der Waals surface area (Å²) in [5, 5.41) is 0. The van der Waals surface area contributed by atoms with E-state index in [2.05, 4.69) is 0 Å². The Kier molecular flexibility index (Phi) is 9.35. The van der Waals surface area contributed by atoms with Crippen LogP contribution in [0.5, 0.6) is 0 Å². The molecule has 0 radical (unpaired) electrons. The molecule has 1 heterocycles. The number of hydrogen-bond donors (Lipinski definition) is 0. The third-order valence-corrected chi connectivity index (χ3v) is 6.72. The van der Waals surface area contributed by atoms with Crippen LogP contribution < -0.4 is 4.90 Å². The van der Waals surface area contributed by atoms with Crippen molar-refractivity contribution in [1.82, 2.24) is 4.90 Å². The molecule has 35 heavy (non-hydrogen) atoms. The second-order valence-electron chi connectivity index (χ2n) is 10.6. The molecule has 2 amide bonds. The van der Waals surface area contributed by atoms with Crippen LogP contribution in [-0.4, -0.2) is 55.2 Å². The Balaban J connectivity index is 1.73. The highest BCUT2D eigenvalue weighted by Gasteiger charge is 2.32. The Morgan fingerprint density at radius 2 is 1.74 bits per heavy atom. The minimum atomic E-state index is -0.509. The van der Waals surface area contributed by atoms with Gasteiger partial charge in [-0.15, -0.1) is 0 Å². The number of methoxy groups -OCH3 is 1. The van der Waals surface area contributed by atoms with Crippen molar-refractivity contribution in [2.24, 2.45) is 11.8 Å². The zero-order valence-corrected chi connectivity index (χ0v) is 21.6. The summed E-state index contributed by atoms with van der Waals surface area (Å²) in [5.74, 6) is 0.131. The van der Waals surface area contributed by atoms with Gasteiger partial charge >= 0.3 is 12.1 Å². The first-order valence-electron chi connectivity index (χ1n) is 12.8. The van der Waals surface area contributed by atoms with E-state index in [1.54, 1.807) is 11.0 Å². The van der Waals surface area contributed by atoms with E-state index in [9.17, 15) is 14.4 Å². The number of nitrogens with zero attached hydrogens (tertiary/aromatic N) is 2. The molecule has 1 aromatic rings. The molecule has 1 saturated heterocycles. The molecule has 192 valence electrons. The van der Waals surface area contributed by atoms with Gasteiger partial charge in [0, 0.05) is 37.3 Å². The van der Waals surface area contributed by atoms with Crippen LogP contribution in [0.3, 0.4) is 0 Å². The quantitative estimate of drug-likeness (QED) is 0.397. The molecule has 2 fully saturated rings. The van der Waals surface area contributed by atoms with Crippen molar-refractivity contribution >= 4 is 29.7 Å². The van der Waals surface area contributed by atoms with Crippen molar-refractivity contribution < 1.29 is 23.9 Å². The topological polar surface area (TPSA) is 76.2 Å². The van der Waals surface area contributed by atoms with Gasteiger partial charge in [-0.25, -0.2) is 9.59 Å². The number of anilines is 1. The number of rotatable bonds is 6. The van der Waals surface area contributed by atoms with Gasteiger partial charge in [0.05, 0.1) is 7.11 Å². The number of carbonyl (C=O) groups excluding carboxylic acids is 3. The lowest BCUT2D eigenvalue weighted by molar-refractivity contribution is -0.134. The number of likely N-dealkylation sites (tertiary alicyclic amines) is 1. The Morgan fingerprint density at radius 1 is 1.06 bits per heavy atom.